The molecule has 0 saturated carbocycles. The van der Waals surface area contributed by atoms with Crippen molar-refractivity contribution in [1.82, 2.24) is 19.3 Å². The van der Waals surface area contributed by atoms with E-state index in [1.165, 1.54) is 12.3 Å². The first-order valence-corrected chi connectivity index (χ1v) is 8.56. The van der Waals surface area contributed by atoms with Gasteiger partial charge in [-0.3, -0.25) is 0 Å². The summed E-state index contributed by atoms with van der Waals surface area (Å²) in [6, 6.07) is 1.27. The third kappa shape index (κ3) is 3.96. The molecule has 2 heterocycles. The maximum atomic E-state index is 12.3. The Balaban J connectivity index is 2.17. The Morgan fingerprint density at radius 1 is 1.41 bits per heavy atom. The van der Waals surface area contributed by atoms with E-state index in [9.17, 15) is 8.42 Å². The number of sulfonamides is 1. The van der Waals surface area contributed by atoms with Gasteiger partial charge in [-0.1, -0.05) is 25.4 Å². The van der Waals surface area contributed by atoms with Crippen LogP contribution in [0.15, 0.2) is 29.6 Å². The van der Waals surface area contributed by atoms with Gasteiger partial charge in [0.2, 0.25) is 10.0 Å². The molecule has 9 heteroatoms. The predicted octanol–water partition coefficient (Wildman–Crippen LogP) is 1.65. The highest BCUT2D eigenvalue weighted by atomic mass is 35.5. The summed E-state index contributed by atoms with van der Waals surface area (Å²) in [4.78, 5) is 7.78. The number of halogens is 1. The normalized spacial score (nSPS) is 12.0. The number of nitrogens with zero attached hydrogens (tertiary/aromatic N) is 3. The molecule has 3 N–H and O–H groups in total. The molecule has 0 amide bonds. The van der Waals surface area contributed by atoms with Gasteiger partial charge >= 0.3 is 0 Å². The van der Waals surface area contributed by atoms with Crippen LogP contribution in [-0.4, -0.2) is 23.0 Å². The van der Waals surface area contributed by atoms with Crippen molar-refractivity contribution < 1.29 is 8.42 Å². The molecule has 7 nitrogen and oxygen atoms in total. The van der Waals surface area contributed by atoms with Crippen molar-refractivity contribution >= 4 is 27.4 Å². The Kier molecular flexibility index (Phi) is 5.05. The number of aromatic nitrogens is 3. The lowest BCUT2D eigenvalue weighted by atomic mass is 10.2. The monoisotopic (exact) mass is 343 g/mol. The Labute approximate surface area is 134 Å². The Morgan fingerprint density at radius 3 is 2.82 bits per heavy atom. The third-order valence-electron chi connectivity index (χ3n) is 2.92. The van der Waals surface area contributed by atoms with Crippen molar-refractivity contribution in [3.8, 4) is 0 Å². The average Bonchev–Trinajstić information content (AvgIpc) is 2.86. The van der Waals surface area contributed by atoms with Gasteiger partial charge in [0.05, 0.1) is 11.6 Å². The van der Waals surface area contributed by atoms with E-state index >= 15 is 0 Å². The summed E-state index contributed by atoms with van der Waals surface area (Å²) in [6.45, 7) is 4.98. The number of pyridine rings is 1. The number of imidazole rings is 1. The third-order valence-corrected chi connectivity index (χ3v) is 4.56. The average molecular weight is 344 g/mol. The van der Waals surface area contributed by atoms with Crippen LogP contribution in [0.4, 0.5) is 5.82 Å². The Bertz CT molecular complexity index is 758. The molecule has 0 fully saturated rings. The largest absolute Gasteiger partial charge is 0.383 e. The van der Waals surface area contributed by atoms with Gasteiger partial charge in [-0.25, -0.2) is 23.1 Å². The topological polar surface area (TPSA) is 103 Å². The van der Waals surface area contributed by atoms with E-state index in [0.717, 1.165) is 6.54 Å². The minimum Gasteiger partial charge on any atom is -0.383 e. The fourth-order valence-electron chi connectivity index (χ4n) is 1.95. The van der Waals surface area contributed by atoms with Crippen LogP contribution < -0.4 is 10.5 Å². The zero-order valence-electron chi connectivity index (χ0n) is 12.3. The highest BCUT2D eigenvalue weighted by molar-refractivity contribution is 7.89. The lowest BCUT2D eigenvalue weighted by Gasteiger charge is -2.12. The fraction of sp³-hybridized carbons (Fsp3) is 0.385. The van der Waals surface area contributed by atoms with Crippen LogP contribution in [0.3, 0.4) is 0 Å². The van der Waals surface area contributed by atoms with E-state index in [2.05, 4.69) is 28.5 Å². The Hall–Kier alpha value is -1.64. The molecule has 0 aliphatic heterocycles. The van der Waals surface area contributed by atoms with Crippen LogP contribution in [0.2, 0.25) is 5.02 Å². The van der Waals surface area contributed by atoms with Crippen molar-refractivity contribution in [2.75, 3.05) is 5.73 Å². The van der Waals surface area contributed by atoms with Crippen LogP contribution in [0, 0.1) is 5.92 Å². The molecule has 2 aromatic heterocycles. The predicted molar refractivity (Wildman–Crippen MR) is 84.7 cm³/mol. The first-order valence-electron chi connectivity index (χ1n) is 6.70. The second-order valence-electron chi connectivity index (χ2n) is 5.25. The van der Waals surface area contributed by atoms with Gasteiger partial charge in [0.25, 0.3) is 0 Å². The van der Waals surface area contributed by atoms with Crippen LogP contribution in [-0.2, 0) is 23.1 Å². The molecule has 0 saturated heterocycles. The van der Waals surface area contributed by atoms with Gasteiger partial charge in [0.1, 0.15) is 16.5 Å². The zero-order chi connectivity index (χ0) is 16.3. The van der Waals surface area contributed by atoms with Gasteiger partial charge in [-0.2, -0.15) is 0 Å². The second kappa shape index (κ2) is 6.64. The summed E-state index contributed by atoms with van der Waals surface area (Å²) in [5.74, 6) is 0.964. The number of hydrogen-bond donors (Lipinski definition) is 2. The highest BCUT2D eigenvalue weighted by Gasteiger charge is 2.19. The van der Waals surface area contributed by atoms with Gasteiger partial charge in [-0.15, -0.1) is 0 Å². The van der Waals surface area contributed by atoms with Crippen molar-refractivity contribution in [3.63, 3.8) is 0 Å². The van der Waals surface area contributed by atoms with E-state index < -0.39 is 10.0 Å². The molecule has 0 bridgehead atoms. The van der Waals surface area contributed by atoms with Crippen molar-refractivity contribution in [2.24, 2.45) is 5.92 Å². The van der Waals surface area contributed by atoms with Crippen molar-refractivity contribution in [3.05, 3.63) is 35.5 Å². The number of hydrogen-bond acceptors (Lipinski definition) is 5. The number of nitrogens with two attached hydrogens (primary N) is 1. The van der Waals surface area contributed by atoms with E-state index in [-0.39, 0.29) is 22.3 Å². The van der Waals surface area contributed by atoms with E-state index in [1.54, 1.807) is 6.20 Å². The maximum absolute atomic E-state index is 12.3. The fourth-order valence-corrected chi connectivity index (χ4v) is 3.26. The zero-order valence-corrected chi connectivity index (χ0v) is 13.9. The number of nitrogens with one attached hydrogen (secondary N) is 1. The van der Waals surface area contributed by atoms with Gasteiger partial charge < -0.3 is 10.3 Å². The molecule has 120 valence electrons. The summed E-state index contributed by atoms with van der Waals surface area (Å²) in [6.07, 6.45) is 4.76. The summed E-state index contributed by atoms with van der Waals surface area (Å²) >= 11 is 5.78. The first kappa shape index (κ1) is 16.7. The SMILES string of the molecule is CC(C)Cn1ccnc1CNS(=O)(=O)c1cc(Cl)cnc1N. The lowest BCUT2D eigenvalue weighted by Crippen LogP contribution is -2.26. The summed E-state index contributed by atoms with van der Waals surface area (Å²) in [7, 11) is -3.81. The molecule has 0 aromatic carbocycles. The minimum absolute atomic E-state index is 0.0635. The van der Waals surface area contributed by atoms with Crippen LogP contribution in [0.5, 0.6) is 0 Å². The van der Waals surface area contributed by atoms with E-state index in [1.807, 2.05) is 10.8 Å². The van der Waals surface area contributed by atoms with Crippen LogP contribution in [0.1, 0.15) is 19.7 Å². The quantitative estimate of drug-likeness (QED) is 0.830. The molecule has 0 spiro atoms. The molecule has 0 atom stereocenters. The number of nitrogen functional groups attached to an aromatic ring is 1. The number of anilines is 1. The number of rotatable bonds is 6. The summed E-state index contributed by atoms with van der Waals surface area (Å²) in [5.41, 5.74) is 5.61. The highest BCUT2D eigenvalue weighted by Crippen LogP contribution is 2.20. The molecule has 0 aliphatic carbocycles. The second-order valence-corrected chi connectivity index (χ2v) is 7.42. The van der Waals surface area contributed by atoms with Crippen LogP contribution in [0.25, 0.3) is 0 Å². The standard InChI is InChI=1S/C13H18ClN5O2S/c1-9(2)8-19-4-3-16-12(19)7-18-22(20,21)11-5-10(14)6-17-13(11)15/h3-6,9,18H,7-8H2,1-2H3,(H2,15,17). The molecule has 0 unspecified atom stereocenters. The van der Waals surface area contributed by atoms with Crippen LogP contribution >= 0.6 is 11.6 Å². The van der Waals surface area contributed by atoms with Gasteiger partial charge in [0, 0.05) is 25.1 Å². The minimum atomic E-state index is -3.81. The molecule has 2 aromatic rings. The summed E-state index contributed by atoms with van der Waals surface area (Å²) in [5, 5.41) is 0.205. The molecule has 22 heavy (non-hydrogen) atoms. The van der Waals surface area contributed by atoms with E-state index in [0.29, 0.717) is 11.7 Å². The Morgan fingerprint density at radius 2 is 2.14 bits per heavy atom. The molecule has 0 aliphatic rings. The smallest absolute Gasteiger partial charge is 0.244 e. The van der Waals surface area contributed by atoms with Crippen molar-refractivity contribution in [1.29, 1.82) is 0 Å². The summed E-state index contributed by atoms with van der Waals surface area (Å²) < 4.78 is 29.0. The van der Waals surface area contributed by atoms with Gasteiger partial charge in [-0.05, 0) is 12.0 Å². The molecular weight excluding hydrogens is 326 g/mol. The first-order chi connectivity index (χ1) is 10.3. The van der Waals surface area contributed by atoms with Gasteiger partial charge in [0.15, 0.2) is 0 Å². The lowest BCUT2D eigenvalue weighted by molar-refractivity contribution is 0.502. The van der Waals surface area contributed by atoms with Crippen molar-refractivity contribution in [2.45, 2.75) is 31.8 Å². The molecule has 2 rings (SSSR count). The van der Waals surface area contributed by atoms with E-state index in [4.69, 9.17) is 17.3 Å². The maximum Gasteiger partial charge on any atom is 0.244 e. The molecular formula is C13H18ClN5O2S. The molecule has 0 radical (unpaired) electrons.